The standard InChI is InChI=1S/C30H22Cl2N2O4S/c1-18-6-12-22(14-25(18)32)33-28(35)16-34-29(36)27(39-30(34)37)15-24-23-5-3-2-4-20(23)9-13-26(24)38-17-19-7-10-21(31)11-8-19/h2-15H,16-17H2,1H3,(H,33,35)/b27-15+. The molecule has 0 radical (unpaired) electrons. The molecular weight excluding hydrogens is 555 g/mol. The average molecular weight is 577 g/mol. The molecule has 196 valence electrons. The quantitative estimate of drug-likeness (QED) is 0.228. The van der Waals surface area contributed by atoms with Crippen LogP contribution in [0.25, 0.3) is 16.8 Å². The number of thioether (sulfide) groups is 1. The monoisotopic (exact) mass is 576 g/mol. The van der Waals surface area contributed by atoms with Crippen molar-refractivity contribution in [3.63, 3.8) is 0 Å². The van der Waals surface area contributed by atoms with Gasteiger partial charge in [0.15, 0.2) is 0 Å². The van der Waals surface area contributed by atoms with Crippen LogP contribution in [0.2, 0.25) is 10.0 Å². The predicted molar refractivity (Wildman–Crippen MR) is 157 cm³/mol. The fourth-order valence-electron chi connectivity index (χ4n) is 4.07. The number of hydrogen-bond acceptors (Lipinski definition) is 5. The van der Waals surface area contributed by atoms with Crippen molar-refractivity contribution in [1.82, 2.24) is 4.90 Å². The zero-order valence-corrected chi connectivity index (χ0v) is 23.1. The molecule has 5 rings (SSSR count). The van der Waals surface area contributed by atoms with Gasteiger partial charge in [0.05, 0.1) is 4.91 Å². The summed E-state index contributed by atoms with van der Waals surface area (Å²) >= 11 is 12.9. The van der Waals surface area contributed by atoms with Crippen LogP contribution in [0.3, 0.4) is 0 Å². The summed E-state index contributed by atoms with van der Waals surface area (Å²) in [6, 6.07) is 23.9. The highest BCUT2D eigenvalue weighted by Gasteiger charge is 2.36. The maximum Gasteiger partial charge on any atom is 0.294 e. The van der Waals surface area contributed by atoms with Gasteiger partial charge in [-0.25, -0.2) is 0 Å². The fourth-order valence-corrected chi connectivity index (χ4v) is 5.20. The number of benzene rings is 4. The SMILES string of the molecule is Cc1ccc(NC(=O)CN2C(=O)S/C(=C/c3c(OCc4ccc(Cl)cc4)ccc4ccccc34)C2=O)cc1Cl. The molecular formula is C30H22Cl2N2O4S. The minimum Gasteiger partial charge on any atom is -0.488 e. The minimum absolute atomic E-state index is 0.207. The van der Waals surface area contributed by atoms with Crippen LogP contribution in [0, 0.1) is 6.92 Å². The molecule has 1 N–H and O–H groups in total. The highest BCUT2D eigenvalue weighted by Crippen LogP contribution is 2.37. The summed E-state index contributed by atoms with van der Waals surface area (Å²) in [6.07, 6.45) is 1.65. The van der Waals surface area contributed by atoms with Gasteiger partial charge in [-0.3, -0.25) is 19.3 Å². The first-order chi connectivity index (χ1) is 18.8. The van der Waals surface area contributed by atoms with E-state index in [4.69, 9.17) is 27.9 Å². The lowest BCUT2D eigenvalue weighted by molar-refractivity contribution is -0.127. The second-order valence-corrected chi connectivity index (χ2v) is 10.7. The Hall–Kier alpha value is -3.78. The van der Waals surface area contributed by atoms with Crippen molar-refractivity contribution < 1.29 is 19.1 Å². The highest BCUT2D eigenvalue weighted by molar-refractivity contribution is 8.18. The van der Waals surface area contributed by atoms with Gasteiger partial charge in [0.25, 0.3) is 11.1 Å². The van der Waals surface area contributed by atoms with Gasteiger partial charge in [-0.05, 0) is 77.0 Å². The number of anilines is 1. The van der Waals surface area contributed by atoms with Crippen molar-refractivity contribution in [2.75, 3.05) is 11.9 Å². The molecule has 1 saturated heterocycles. The van der Waals surface area contributed by atoms with E-state index in [1.807, 2.05) is 55.5 Å². The molecule has 4 aromatic rings. The van der Waals surface area contributed by atoms with Gasteiger partial charge in [-0.2, -0.15) is 0 Å². The van der Waals surface area contributed by atoms with Gasteiger partial charge in [-0.15, -0.1) is 0 Å². The second kappa shape index (κ2) is 11.5. The molecule has 0 aliphatic carbocycles. The Kier molecular flexibility index (Phi) is 7.93. The molecule has 0 unspecified atom stereocenters. The largest absolute Gasteiger partial charge is 0.488 e. The lowest BCUT2D eigenvalue weighted by Gasteiger charge is -2.14. The first kappa shape index (κ1) is 26.8. The Morgan fingerprint density at radius 3 is 2.54 bits per heavy atom. The van der Waals surface area contributed by atoms with Crippen LogP contribution in [-0.2, 0) is 16.2 Å². The Morgan fingerprint density at radius 1 is 1.00 bits per heavy atom. The molecule has 0 spiro atoms. The molecule has 0 atom stereocenters. The normalized spacial score (nSPS) is 14.3. The molecule has 6 nitrogen and oxygen atoms in total. The van der Waals surface area contributed by atoms with E-state index < -0.39 is 23.6 Å². The molecule has 0 saturated carbocycles. The summed E-state index contributed by atoms with van der Waals surface area (Å²) in [7, 11) is 0. The molecule has 1 fully saturated rings. The summed E-state index contributed by atoms with van der Waals surface area (Å²) in [5.41, 5.74) is 2.96. The summed E-state index contributed by atoms with van der Waals surface area (Å²) in [4.78, 5) is 39.7. The van der Waals surface area contributed by atoms with Gasteiger partial charge < -0.3 is 10.1 Å². The number of carbonyl (C=O) groups excluding carboxylic acids is 3. The number of fused-ring (bicyclic) bond motifs is 1. The summed E-state index contributed by atoms with van der Waals surface area (Å²) in [5, 5.41) is 5.13. The number of carbonyl (C=O) groups is 3. The zero-order valence-electron chi connectivity index (χ0n) is 20.7. The summed E-state index contributed by atoms with van der Waals surface area (Å²) in [5.74, 6) is -0.487. The fraction of sp³-hybridized carbons (Fsp3) is 0.100. The maximum atomic E-state index is 13.2. The number of halogens is 2. The van der Waals surface area contributed by atoms with E-state index in [-0.39, 0.29) is 4.91 Å². The van der Waals surface area contributed by atoms with Gasteiger partial charge in [-0.1, -0.05) is 71.7 Å². The third-order valence-corrected chi connectivity index (χ3v) is 7.71. The Balaban J connectivity index is 1.39. The zero-order chi connectivity index (χ0) is 27.5. The van der Waals surface area contributed by atoms with Gasteiger partial charge >= 0.3 is 0 Å². The molecule has 0 bridgehead atoms. The first-order valence-corrected chi connectivity index (χ1v) is 13.6. The highest BCUT2D eigenvalue weighted by atomic mass is 35.5. The number of aryl methyl sites for hydroxylation is 1. The third-order valence-electron chi connectivity index (χ3n) is 6.14. The number of amides is 3. The molecule has 1 heterocycles. The molecule has 1 aliphatic heterocycles. The molecule has 39 heavy (non-hydrogen) atoms. The van der Waals surface area contributed by atoms with E-state index in [1.165, 1.54) is 0 Å². The van der Waals surface area contributed by atoms with Gasteiger partial charge in [0.1, 0.15) is 18.9 Å². The number of hydrogen-bond donors (Lipinski definition) is 1. The average Bonchev–Trinajstić information content (AvgIpc) is 3.18. The number of ether oxygens (including phenoxy) is 1. The van der Waals surface area contributed by atoms with Gasteiger partial charge in [0.2, 0.25) is 5.91 Å². The van der Waals surface area contributed by atoms with Gasteiger partial charge in [0, 0.05) is 21.3 Å². The Bertz CT molecular complexity index is 1640. The minimum atomic E-state index is -0.543. The Labute approximate surface area is 239 Å². The lowest BCUT2D eigenvalue weighted by atomic mass is 10.0. The number of nitrogens with one attached hydrogen (secondary N) is 1. The van der Waals surface area contributed by atoms with E-state index in [2.05, 4.69) is 5.32 Å². The van der Waals surface area contributed by atoms with Crippen molar-refractivity contribution in [3.8, 4) is 5.75 Å². The second-order valence-electron chi connectivity index (χ2n) is 8.89. The van der Waals surface area contributed by atoms with E-state index in [0.29, 0.717) is 33.7 Å². The van der Waals surface area contributed by atoms with Crippen molar-refractivity contribution in [3.05, 3.63) is 111 Å². The molecule has 3 amide bonds. The lowest BCUT2D eigenvalue weighted by Crippen LogP contribution is -2.36. The van der Waals surface area contributed by atoms with E-state index >= 15 is 0 Å². The van der Waals surface area contributed by atoms with Crippen LogP contribution < -0.4 is 10.1 Å². The molecule has 4 aromatic carbocycles. The Morgan fingerprint density at radius 2 is 1.77 bits per heavy atom. The predicted octanol–water partition coefficient (Wildman–Crippen LogP) is 7.71. The summed E-state index contributed by atoms with van der Waals surface area (Å²) in [6.45, 7) is 1.73. The van der Waals surface area contributed by atoms with Crippen molar-refractivity contribution in [2.24, 2.45) is 0 Å². The molecule has 9 heteroatoms. The van der Waals surface area contributed by atoms with Crippen LogP contribution >= 0.6 is 35.0 Å². The number of nitrogens with zero attached hydrogens (tertiary/aromatic N) is 1. The van der Waals surface area contributed by atoms with Crippen LogP contribution in [0.1, 0.15) is 16.7 Å². The van der Waals surface area contributed by atoms with Crippen LogP contribution in [-0.4, -0.2) is 28.5 Å². The number of rotatable bonds is 7. The van der Waals surface area contributed by atoms with Crippen molar-refractivity contribution >= 4 is 74.6 Å². The van der Waals surface area contributed by atoms with Crippen LogP contribution in [0.5, 0.6) is 5.75 Å². The van der Waals surface area contributed by atoms with Crippen LogP contribution in [0.4, 0.5) is 10.5 Å². The van der Waals surface area contributed by atoms with E-state index in [1.54, 1.807) is 36.4 Å². The maximum absolute atomic E-state index is 13.2. The van der Waals surface area contributed by atoms with E-state index in [9.17, 15) is 14.4 Å². The first-order valence-electron chi connectivity index (χ1n) is 12.0. The van der Waals surface area contributed by atoms with Crippen LogP contribution in [0.15, 0.2) is 83.8 Å². The summed E-state index contributed by atoms with van der Waals surface area (Å²) < 4.78 is 6.14. The smallest absolute Gasteiger partial charge is 0.294 e. The topological polar surface area (TPSA) is 75.7 Å². The molecule has 1 aliphatic rings. The van der Waals surface area contributed by atoms with E-state index in [0.717, 1.165) is 38.6 Å². The number of imide groups is 1. The third kappa shape index (κ3) is 6.11. The molecule has 0 aromatic heterocycles. The van der Waals surface area contributed by atoms with Crippen molar-refractivity contribution in [1.29, 1.82) is 0 Å². The van der Waals surface area contributed by atoms with Crippen molar-refractivity contribution in [2.45, 2.75) is 13.5 Å².